The largest absolute Gasteiger partial charge is 0.459 e. The van der Waals surface area contributed by atoms with Gasteiger partial charge in [0.1, 0.15) is 11.7 Å². The minimum atomic E-state index is -0.690. The highest BCUT2D eigenvalue weighted by Crippen LogP contribution is 2.49. The molecule has 4 aliphatic rings. The van der Waals surface area contributed by atoms with Gasteiger partial charge in [-0.25, -0.2) is 9.69 Å². The van der Waals surface area contributed by atoms with Crippen LogP contribution in [0.5, 0.6) is 0 Å². The molecular weight excluding hydrogens is 330 g/mol. The molecule has 2 amide bonds. The van der Waals surface area contributed by atoms with Crippen LogP contribution < -0.4 is 0 Å². The summed E-state index contributed by atoms with van der Waals surface area (Å²) < 4.78 is 10.6. The molecule has 0 N–H and O–H groups in total. The Morgan fingerprint density at radius 2 is 2.00 bits per heavy atom. The first-order valence-corrected chi connectivity index (χ1v) is 7.53. The summed E-state index contributed by atoms with van der Waals surface area (Å²) in [6, 6.07) is -0.542. The van der Waals surface area contributed by atoms with Crippen molar-refractivity contribution in [2.24, 2.45) is 11.8 Å². The standard InChI is InChI=1S/C13H16BrNO5/c1-13(2,3)20-12(18)15-8-6-4-5(10(15)16)7(14)9(8)19-11(6)17/h5-9H,4H2,1-3H3. The Morgan fingerprint density at radius 3 is 2.60 bits per heavy atom. The summed E-state index contributed by atoms with van der Waals surface area (Å²) in [5, 5.41) is 0. The number of hydrogen-bond acceptors (Lipinski definition) is 5. The van der Waals surface area contributed by atoms with E-state index in [1.54, 1.807) is 20.8 Å². The topological polar surface area (TPSA) is 72.9 Å². The van der Waals surface area contributed by atoms with E-state index in [2.05, 4.69) is 15.9 Å². The van der Waals surface area contributed by atoms with Gasteiger partial charge < -0.3 is 9.47 Å². The molecule has 0 aromatic carbocycles. The lowest BCUT2D eigenvalue weighted by Crippen LogP contribution is -2.66. The van der Waals surface area contributed by atoms with Gasteiger partial charge in [0.05, 0.1) is 22.7 Å². The molecule has 20 heavy (non-hydrogen) atoms. The molecule has 3 heterocycles. The van der Waals surface area contributed by atoms with E-state index in [0.717, 1.165) is 4.90 Å². The fraction of sp³-hybridized carbons (Fsp3) is 0.769. The normalized spacial score (nSPS) is 39.0. The third-order valence-electron chi connectivity index (χ3n) is 3.95. The van der Waals surface area contributed by atoms with Crippen LogP contribution in [0.4, 0.5) is 4.79 Å². The Hall–Kier alpha value is -1.11. The zero-order valence-corrected chi connectivity index (χ0v) is 13.0. The van der Waals surface area contributed by atoms with Crippen LogP contribution in [0.2, 0.25) is 0 Å². The maximum Gasteiger partial charge on any atom is 0.417 e. The number of nitrogens with zero attached hydrogens (tertiary/aromatic N) is 1. The van der Waals surface area contributed by atoms with E-state index in [4.69, 9.17) is 9.47 Å². The molecular formula is C13H16BrNO5. The summed E-state index contributed by atoms with van der Waals surface area (Å²) in [5.41, 5.74) is -0.689. The van der Waals surface area contributed by atoms with Crippen molar-refractivity contribution in [2.45, 2.75) is 49.8 Å². The Balaban J connectivity index is 1.92. The first kappa shape index (κ1) is 13.9. The van der Waals surface area contributed by atoms with E-state index in [1.165, 1.54) is 0 Å². The molecule has 1 saturated carbocycles. The minimum Gasteiger partial charge on any atom is -0.459 e. The van der Waals surface area contributed by atoms with Crippen LogP contribution in [0, 0.1) is 11.8 Å². The summed E-state index contributed by atoms with van der Waals surface area (Å²) in [6.07, 6.45) is -0.713. The second kappa shape index (κ2) is 4.19. The highest BCUT2D eigenvalue weighted by Gasteiger charge is 2.66. The van der Waals surface area contributed by atoms with E-state index in [-0.39, 0.29) is 16.7 Å². The maximum absolute atomic E-state index is 12.4. The predicted molar refractivity (Wildman–Crippen MR) is 71.1 cm³/mol. The van der Waals surface area contributed by atoms with Crippen molar-refractivity contribution in [1.29, 1.82) is 0 Å². The molecule has 5 atom stereocenters. The summed E-state index contributed by atoms with van der Waals surface area (Å²) in [5.74, 6) is -1.43. The van der Waals surface area contributed by atoms with Gasteiger partial charge in [0, 0.05) is 0 Å². The van der Waals surface area contributed by atoms with Crippen LogP contribution in [0.25, 0.3) is 0 Å². The maximum atomic E-state index is 12.4. The molecule has 5 unspecified atom stereocenters. The average molecular weight is 346 g/mol. The molecule has 0 radical (unpaired) electrons. The van der Waals surface area contributed by atoms with Gasteiger partial charge in [0.15, 0.2) is 0 Å². The van der Waals surface area contributed by atoms with Crippen molar-refractivity contribution in [3.05, 3.63) is 0 Å². The van der Waals surface area contributed by atoms with Crippen molar-refractivity contribution in [3.8, 4) is 0 Å². The van der Waals surface area contributed by atoms with Crippen molar-refractivity contribution < 1.29 is 23.9 Å². The molecule has 3 aliphatic heterocycles. The van der Waals surface area contributed by atoms with Gasteiger partial charge in [-0.05, 0) is 27.2 Å². The molecule has 0 aromatic rings. The van der Waals surface area contributed by atoms with E-state index in [0.29, 0.717) is 6.42 Å². The number of carbonyl (C=O) groups is 3. The second-order valence-corrected chi connectivity index (χ2v) is 7.53. The van der Waals surface area contributed by atoms with Crippen molar-refractivity contribution in [1.82, 2.24) is 4.90 Å². The Kier molecular flexibility index (Phi) is 2.90. The van der Waals surface area contributed by atoms with E-state index < -0.39 is 35.7 Å². The zero-order chi connectivity index (χ0) is 14.8. The first-order chi connectivity index (χ1) is 9.20. The summed E-state index contributed by atoms with van der Waals surface area (Å²) >= 11 is 3.43. The fourth-order valence-electron chi connectivity index (χ4n) is 3.19. The highest BCUT2D eigenvalue weighted by molar-refractivity contribution is 9.09. The number of hydrogen-bond donors (Lipinski definition) is 0. The number of esters is 1. The number of halogens is 1. The lowest BCUT2D eigenvalue weighted by atomic mass is 9.72. The number of alkyl halides is 1. The van der Waals surface area contributed by atoms with Gasteiger partial charge in [0.25, 0.3) is 0 Å². The van der Waals surface area contributed by atoms with Gasteiger partial charge >= 0.3 is 12.1 Å². The molecule has 6 nitrogen and oxygen atoms in total. The minimum absolute atomic E-state index is 0.221. The lowest BCUT2D eigenvalue weighted by Gasteiger charge is -2.47. The lowest BCUT2D eigenvalue weighted by molar-refractivity contribution is -0.150. The van der Waals surface area contributed by atoms with Crippen LogP contribution in [-0.4, -0.2) is 45.4 Å². The number of fused-ring (bicyclic) bond motifs is 1. The Labute approximate surface area is 124 Å². The van der Waals surface area contributed by atoms with Gasteiger partial charge in [-0.15, -0.1) is 0 Å². The predicted octanol–water partition coefficient (Wildman–Crippen LogP) is 1.46. The highest BCUT2D eigenvalue weighted by atomic mass is 79.9. The number of imide groups is 1. The number of piperidine rings is 2. The second-order valence-electron chi connectivity index (χ2n) is 6.47. The van der Waals surface area contributed by atoms with Gasteiger partial charge in [-0.1, -0.05) is 15.9 Å². The van der Waals surface area contributed by atoms with Crippen molar-refractivity contribution in [3.63, 3.8) is 0 Å². The zero-order valence-electron chi connectivity index (χ0n) is 11.5. The molecule has 3 saturated heterocycles. The molecule has 0 aromatic heterocycles. The fourth-order valence-corrected chi connectivity index (χ4v) is 4.06. The van der Waals surface area contributed by atoms with Crippen molar-refractivity contribution in [2.75, 3.05) is 0 Å². The third-order valence-corrected chi connectivity index (χ3v) is 5.11. The van der Waals surface area contributed by atoms with E-state index >= 15 is 0 Å². The number of ether oxygens (including phenoxy) is 2. The first-order valence-electron chi connectivity index (χ1n) is 6.61. The molecule has 0 spiro atoms. The van der Waals surface area contributed by atoms with Gasteiger partial charge in [-0.3, -0.25) is 9.59 Å². The third kappa shape index (κ3) is 1.86. The summed E-state index contributed by atoms with van der Waals surface area (Å²) in [4.78, 5) is 37.3. The van der Waals surface area contributed by atoms with Crippen LogP contribution in [0.1, 0.15) is 27.2 Å². The molecule has 4 rings (SSSR count). The van der Waals surface area contributed by atoms with Gasteiger partial charge in [0.2, 0.25) is 5.91 Å². The van der Waals surface area contributed by atoms with E-state index in [1.807, 2.05) is 0 Å². The number of carbonyl (C=O) groups excluding carboxylic acids is 3. The molecule has 7 heteroatoms. The molecule has 4 fully saturated rings. The molecule has 4 bridgehead atoms. The number of amides is 2. The van der Waals surface area contributed by atoms with Crippen molar-refractivity contribution >= 4 is 33.9 Å². The smallest absolute Gasteiger partial charge is 0.417 e. The van der Waals surface area contributed by atoms with Gasteiger partial charge in [-0.2, -0.15) is 0 Å². The van der Waals surface area contributed by atoms with Crippen LogP contribution >= 0.6 is 15.9 Å². The quantitative estimate of drug-likeness (QED) is 0.490. The SMILES string of the molecule is CC(C)(C)OC(=O)N1C(=O)C2CC3C(=O)OC(C2Br)C31. The average Bonchev–Trinajstić information content (AvgIpc) is 2.55. The van der Waals surface area contributed by atoms with Crippen LogP contribution in [0.3, 0.4) is 0 Å². The van der Waals surface area contributed by atoms with Crippen LogP contribution in [-0.2, 0) is 19.1 Å². The van der Waals surface area contributed by atoms with Crippen LogP contribution in [0.15, 0.2) is 0 Å². The molecule has 110 valence electrons. The molecule has 1 aliphatic carbocycles. The summed E-state index contributed by atoms with van der Waals surface area (Å²) in [7, 11) is 0. The number of rotatable bonds is 0. The monoisotopic (exact) mass is 345 g/mol. The Morgan fingerprint density at radius 1 is 1.35 bits per heavy atom. The van der Waals surface area contributed by atoms with E-state index in [9.17, 15) is 14.4 Å². The Bertz CT molecular complexity index is 499. The summed E-state index contributed by atoms with van der Waals surface area (Å²) in [6.45, 7) is 5.21.